The Kier molecular flexibility index (Phi) is 6.13. The van der Waals surface area contributed by atoms with E-state index in [9.17, 15) is 14.9 Å². The molecule has 3 aromatic rings. The Bertz CT molecular complexity index is 1070. The minimum atomic E-state index is -0.533. The largest absolute Gasteiger partial charge is 0.350 e. The van der Waals surface area contributed by atoms with E-state index < -0.39 is 4.92 Å². The molecule has 0 radical (unpaired) electrons. The first-order valence-corrected chi connectivity index (χ1v) is 10.9. The first kappa shape index (κ1) is 20.5. The smallest absolute Gasteiger partial charge is 0.270 e. The Hall–Kier alpha value is -2.74. The molecule has 0 aliphatic carbocycles. The SMILES string of the molecule is O=C(NCC(c1ccsc1)N1CCc2ccccc2C1)c1ccc([N+](=O)[O-])cc1Cl. The molecule has 2 aromatic carbocycles. The molecule has 1 aromatic heterocycles. The Morgan fingerprint density at radius 1 is 1.23 bits per heavy atom. The molecule has 30 heavy (non-hydrogen) atoms. The zero-order chi connectivity index (χ0) is 21.1. The van der Waals surface area contributed by atoms with Crippen LogP contribution in [0.25, 0.3) is 0 Å². The van der Waals surface area contributed by atoms with E-state index in [1.165, 1.54) is 29.3 Å². The summed E-state index contributed by atoms with van der Waals surface area (Å²) in [6, 6.07) is 14.5. The second-order valence-corrected chi connectivity index (χ2v) is 8.38. The van der Waals surface area contributed by atoms with Gasteiger partial charge in [-0.3, -0.25) is 19.8 Å². The Balaban J connectivity index is 1.50. The van der Waals surface area contributed by atoms with Crippen molar-refractivity contribution < 1.29 is 9.72 Å². The van der Waals surface area contributed by atoms with Gasteiger partial charge in [0.15, 0.2) is 0 Å². The number of halogens is 1. The van der Waals surface area contributed by atoms with Crippen LogP contribution in [0.4, 0.5) is 5.69 Å². The molecule has 1 aliphatic rings. The Labute approximate surface area is 183 Å². The second kappa shape index (κ2) is 8.95. The predicted octanol–water partition coefficient (Wildman–Crippen LogP) is 4.84. The molecule has 4 rings (SSSR count). The molecule has 0 bridgehead atoms. The zero-order valence-electron chi connectivity index (χ0n) is 16.1. The number of benzene rings is 2. The number of nitro benzene ring substituents is 1. The first-order valence-electron chi connectivity index (χ1n) is 9.58. The normalized spacial score (nSPS) is 14.7. The number of rotatable bonds is 6. The fourth-order valence-corrected chi connectivity index (χ4v) is 4.76. The van der Waals surface area contributed by atoms with Crippen LogP contribution in [-0.2, 0) is 13.0 Å². The molecule has 1 aliphatic heterocycles. The summed E-state index contributed by atoms with van der Waals surface area (Å²) in [5.74, 6) is -0.340. The van der Waals surface area contributed by atoms with Gasteiger partial charge in [-0.15, -0.1) is 0 Å². The highest BCUT2D eigenvalue weighted by atomic mass is 35.5. The van der Waals surface area contributed by atoms with Gasteiger partial charge >= 0.3 is 0 Å². The quantitative estimate of drug-likeness (QED) is 0.438. The van der Waals surface area contributed by atoms with Gasteiger partial charge < -0.3 is 5.32 Å². The van der Waals surface area contributed by atoms with E-state index in [-0.39, 0.29) is 28.2 Å². The van der Waals surface area contributed by atoms with Crippen molar-refractivity contribution in [1.29, 1.82) is 0 Å². The van der Waals surface area contributed by atoms with Crippen LogP contribution >= 0.6 is 22.9 Å². The number of nitrogens with one attached hydrogen (secondary N) is 1. The lowest BCUT2D eigenvalue weighted by atomic mass is 9.97. The van der Waals surface area contributed by atoms with Crippen LogP contribution in [0.2, 0.25) is 5.02 Å². The van der Waals surface area contributed by atoms with Gasteiger partial charge in [0, 0.05) is 31.8 Å². The Morgan fingerprint density at radius 3 is 2.73 bits per heavy atom. The molecule has 0 saturated carbocycles. The van der Waals surface area contributed by atoms with Crippen LogP contribution in [-0.4, -0.2) is 28.8 Å². The van der Waals surface area contributed by atoms with E-state index in [0.717, 1.165) is 25.1 Å². The average molecular weight is 442 g/mol. The lowest BCUT2D eigenvalue weighted by molar-refractivity contribution is -0.384. The maximum atomic E-state index is 12.7. The van der Waals surface area contributed by atoms with Crippen LogP contribution in [0.3, 0.4) is 0 Å². The van der Waals surface area contributed by atoms with Crippen LogP contribution in [0.15, 0.2) is 59.3 Å². The summed E-state index contributed by atoms with van der Waals surface area (Å²) in [4.78, 5) is 25.4. The van der Waals surface area contributed by atoms with Gasteiger partial charge in [0.25, 0.3) is 11.6 Å². The second-order valence-electron chi connectivity index (χ2n) is 7.19. The van der Waals surface area contributed by atoms with Crippen molar-refractivity contribution in [3.63, 3.8) is 0 Å². The van der Waals surface area contributed by atoms with Crippen molar-refractivity contribution in [2.24, 2.45) is 0 Å². The molecule has 154 valence electrons. The van der Waals surface area contributed by atoms with E-state index in [4.69, 9.17) is 11.6 Å². The van der Waals surface area contributed by atoms with Crippen LogP contribution in [0, 0.1) is 10.1 Å². The summed E-state index contributed by atoms with van der Waals surface area (Å²) >= 11 is 7.74. The molecule has 0 spiro atoms. The summed E-state index contributed by atoms with van der Waals surface area (Å²) in [7, 11) is 0. The number of nitro groups is 1. The van der Waals surface area contributed by atoms with Crippen LogP contribution in [0.1, 0.15) is 33.1 Å². The maximum absolute atomic E-state index is 12.7. The van der Waals surface area contributed by atoms with Gasteiger partial charge in [0.2, 0.25) is 0 Å². The van der Waals surface area contributed by atoms with Gasteiger partial charge in [0.1, 0.15) is 0 Å². The lowest BCUT2D eigenvalue weighted by Crippen LogP contribution is -2.40. The third-order valence-electron chi connectivity index (χ3n) is 5.39. The van der Waals surface area contributed by atoms with Crippen molar-refractivity contribution >= 4 is 34.5 Å². The topological polar surface area (TPSA) is 75.5 Å². The zero-order valence-corrected chi connectivity index (χ0v) is 17.7. The molecule has 1 unspecified atom stereocenters. The number of nitrogens with zero attached hydrogens (tertiary/aromatic N) is 2. The van der Waals surface area contributed by atoms with Gasteiger partial charge in [-0.25, -0.2) is 0 Å². The Morgan fingerprint density at radius 2 is 2.03 bits per heavy atom. The molecule has 1 atom stereocenters. The molecule has 2 heterocycles. The summed E-state index contributed by atoms with van der Waals surface area (Å²) in [5.41, 5.74) is 3.94. The van der Waals surface area contributed by atoms with E-state index in [2.05, 4.69) is 45.9 Å². The molecule has 1 amide bonds. The molecular formula is C22H20ClN3O3S. The van der Waals surface area contributed by atoms with Gasteiger partial charge in [-0.2, -0.15) is 11.3 Å². The number of amides is 1. The molecule has 6 nitrogen and oxygen atoms in total. The molecule has 8 heteroatoms. The van der Waals surface area contributed by atoms with E-state index in [1.54, 1.807) is 11.3 Å². The van der Waals surface area contributed by atoms with Crippen molar-refractivity contribution in [2.45, 2.75) is 19.0 Å². The lowest BCUT2D eigenvalue weighted by Gasteiger charge is -2.35. The van der Waals surface area contributed by atoms with Crippen LogP contribution < -0.4 is 5.32 Å². The number of carbonyl (C=O) groups is 1. The number of carbonyl (C=O) groups excluding carboxylic acids is 1. The first-order chi connectivity index (χ1) is 14.5. The fourth-order valence-electron chi connectivity index (χ4n) is 3.79. The number of hydrogen-bond acceptors (Lipinski definition) is 5. The molecule has 0 saturated heterocycles. The third kappa shape index (κ3) is 4.38. The van der Waals surface area contributed by atoms with Gasteiger partial charge in [0.05, 0.1) is 21.6 Å². The van der Waals surface area contributed by atoms with Gasteiger partial charge in [-0.05, 0) is 46.0 Å². The van der Waals surface area contributed by atoms with Crippen molar-refractivity contribution in [3.05, 3.63) is 96.7 Å². The van der Waals surface area contributed by atoms with Crippen molar-refractivity contribution in [1.82, 2.24) is 10.2 Å². The number of non-ortho nitro benzene ring substituents is 1. The fraction of sp³-hybridized carbons (Fsp3) is 0.227. The maximum Gasteiger partial charge on any atom is 0.270 e. The summed E-state index contributed by atoms with van der Waals surface area (Å²) in [6.07, 6.45) is 0.971. The minimum absolute atomic E-state index is 0.0328. The van der Waals surface area contributed by atoms with Crippen molar-refractivity contribution in [2.75, 3.05) is 13.1 Å². The standard InChI is InChI=1S/C22H20ClN3O3S/c23-20-11-18(26(28)29)5-6-19(20)22(27)24-12-21(17-8-10-30-14-17)25-9-7-15-3-1-2-4-16(15)13-25/h1-6,8,10-11,14,21H,7,9,12-13H2,(H,24,27). The molecular weight excluding hydrogens is 422 g/mol. The highest BCUT2D eigenvalue weighted by molar-refractivity contribution is 7.08. The average Bonchev–Trinajstić information content (AvgIpc) is 3.28. The van der Waals surface area contributed by atoms with E-state index >= 15 is 0 Å². The summed E-state index contributed by atoms with van der Waals surface area (Å²) in [5, 5.41) is 18.1. The summed E-state index contributed by atoms with van der Waals surface area (Å²) < 4.78 is 0. The number of fused-ring (bicyclic) bond motifs is 1. The van der Waals surface area contributed by atoms with Crippen LogP contribution in [0.5, 0.6) is 0 Å². The third-order valence-corrected chi connectivity index (χ3v) is 6.41. The number of thiophene rings is 1. The highest BCUT2D eigenvalue weighted by Crippen LogP contribution is 2.29. The van der Waals surface area contributed by atoms with E-state index in [1.807, 2.05) is 5.38 Å². The number of hydrogen-bond donors (Lipinski definition) is 1. The molecule has 0 fully saturated rings. The summed E-state index contributed by atoms with van der Waals surface area (Å²) in [6.45, 7) is 2.15. The van der Waals surface area contributed by atoms with E-state index in [0.29, 0.717) is 6.54 Å². The minimum Gasteiger partial charge on any atom is -0.350 e. The predicted molar refractivity (Wildman–Crippen MR) is 118 cm³/mol. The molecule has 1 N–H and O–H groups in total. The van der Waals surface area contributed by atoms with Gasteiger partial charge in [-0.1, -0.05) is 35.9 Å². The highest BCUT2D eigenvalue weighted by Gasteiger charge is 2.26. The van der Waals surface area contributed by atoms with Crippen molar-refractivity contribution in [3.8, 4) is 0 Å². The monoisotopic (exact) mass is 441 g/mol.